The third-order valence-corrected chi connectivity index (χ3v) is 19.3. The van der Waals surface area contributed by atoms with Crippen LogP contribution in [-0.4, -0.2) is 37.9 Å². The standard InChI is InChI=1S/C35H55NS2.In/c1-8-25(3)26(4)12-10-13-27(9-2)31-16-17-32-30-15-14-28-24-29(38-37-23-11-22-36-7)18-20-34(28,5)33(30)19-21-35(31,32)6;/h7,14,16,22,25-27,29-30,32-33H,8-10,12-13,15,17-21,23-24H2,1-6H3;/t25?,26-,27?,29?,30?,32?,33?,34?,35?;/m0./s1. The zero-order valence-corrected chi connectivity index (χ0v) is 30.8. The zero-order valence-electron chi connectivity index (χ0n) is 25.9. The summed E-state index contributed by atoms with van der Waals surface area (Å²) in [4.78, 5) is 4.37. The topological polar surface area (TPSA) is 12.4 Å². The van der Waals surface area contributed by atoms with E-state index in [2.05, 4.69) is 90.4 Å². The molecule has 0 spiro atoms. The SMILES string of the molecule is CCC(CCC[C@H](C)C(C)CC)C1=CCC2C3CC=C4CC(SSC[C]5=CN=[CH][In]5)CCC4(C)C3CCC12C. The van der Waals surface area contributed by atoms with Gasteiger partial charge in [0.1, 0.15) is 0 Å². The van der Waals surface area contributed by atoms with E-state index in [-0.39, 0.29) is 0 Å². The average molecular weight is 669 g/mol. The van der Waals surface area contributed by atoms with Crippen LogP contribution < -0.4 is 0 Å². The molecule has 5 rings (SSSR count). The van der Waals surface area contributed by atoms with E-state index in [9.17, 15) is 0 Å². The minimum absolute atomic E-state index is 0.471. The Morgan fingerprint density at radius 2 is 1.79 bits per heavy atom. The molecule has 4 heteroatoms. The Labute approximate surface area is 260 Å². The molecule has 0 amide bonds. The predicted octanol–water partition coefficient (Wildman–Crippen LogP) is 10.7. The van der Waals surface area contributed by atoms with E-state index in [0.29, 0.717) is 10.8 Å². The van der Waals surface area contributed by atoms with Crippen LogP contribution >= 0.6 is 21.6 Å². The third kappa shape index (κ3) is 6.39. The first-order chi connectivity index (χ1) is 18.8. The summed E-state index contributed by atoms with van der Waals surface area (Å²) in [6.07, 6.45) is 24.5. The van der Waals surface area contributed by atoms with Gasteiger partial charge in [-0.3, -0.25) is 0 Å². The molecule has 0 aromatic heterocycles. The van der Waals surface area contributed by atoms with E-state index < -0.39 is 22.9 Å². The van der Waals surface area contributed by atoms with Gasteiger partial charge in [-0.1, -0.05) is 65.5 Å². The molecule has 215 valence electrons. The van der Waals surface area contributed by atoms with Gasteiger partial charge in [-0.2, -0.15) is 0 Å². The van der Waals surface area contributed by atoms with E-state index in [4.69, 9.17) is 0 Å². The second-order valence-corrected chi connectivity index (χ2v) is 21.0. The molecule has 0 N–H and O–H groups in total. The molecule has 0 aromatic carbocycles. The summed E-state index contributed by atoms with van der Waals surface area (Å²) in [5.41, 5.74) is 4.70. The molecule has 5 aliphatic rings. The van der Waals surface area contributed by atoms with Crippen LogP contribution in [0, 0.1) is 46.3 Å². The summed E-state index contributed by atoms with van der Waals surface area (Å²) in [6, 6.07) is 0. The van der Waals surface area contributed by atoms with E-state index >= 15 is 0 Å². The van der Waals surface area contributed by atoms with Crippen molar-refractivity contribution < 1.29 is 0 Å². The van der Waals surface area contributed by atoms with Gasteiger partial charge in [0.25, 0.3) is 0 Å². The quantitative estimate of drug-likeness (QED) is 0.152. The van der Waals surface area contributed by atoms with Crippen molar-refractivity contribution in [1.82, 2.24) is 0 Å². The van der Waals surface area contributed by atoms with Crippen molar-refractivity contribution in [2.75, 3.05) is 5.75 Å². The van der Waals surface area contributed by atoms with Gasteiger partial charge in [-0.05, 0) is 30.6 Å². The molecular formula is C35H55InNS2. The maximum atomic E-state index is 4.37. The van der Waals surface area contributed by atoms with Crippen LogP contribution in [0.25, 0.3) is 0 Å². The van der Waals surface area contributed by atoms with E-state index in [1.807, 2.05) is 11.1 Å². The van der Waals surface area contributed by atoms with Crippen molar-refractivity contribution in [2.45, 2.75) is 124 Å². The average Bonchev–Trinajstić information content (AvgIpc) is 3.58. The molecule has 0 bridgehead atoms. The van der Waals surface area contributed by atoms with Gasteiger partial charge in [-0.25, -0.2) is 0 Å². The number of rotatable bonds is 12. The predicted molar refractivity (Wildman–Crippen MR) is 178 cm³/mol. The van der Waals surface area contributed by atoms with Gasteiger partial charge in [0.15, 0.2) is 0 Å². The molecule has 0 aromatic rings. The first-order valence-electron chi connectivity index (χ1n) is 16.5. The fraction of sp³-hybridized carbons (Fsp3) is 0.800. The smallest absolute Gasteiger partial charge is 0.0556 e. The number of hydrogen-bond acceptors (Lipinski definition) is 3. The van der Waals surface area contributed by atoms with Gasteiger partial charge in [0, 0.05) is 0 Å². The first-order valence-corrected chi connectivity index (χ1v) is 22.5. The number of hydrogen-bond donors (Lipinski definition) is 0. The molecule has 0 saturated heterocycles. The van der Waals surface area contributed by atoms with Crippen LogP contribution in [0.4, 0.5) is 0 Å². The monoisotopic (exact) mass is 668 g/mol. The zero-order chi connectivity index (χ0) is 27.6. The Hall–Kier alpha value is 0.460. The van der Waals surface area contributed by atoms with E-state index in [0.717, 1.165) is 40.8 Å². The van der Waals surface area contributed by atoms with Gasteiger partial charge in [-0.15, -0.1) is 0 Å². The number of aliphatic imine (C=N–C) groups is 1. The fourth-order valence-electron chi connectivity index (χ4n) is 9.50. The fourth-order valence-corrected chi connectivity index (χ4v) is 16.3. The van der Waals surface area contributed by atoms with Gasteiger partial charge < -0.3 is 0 Å². The molecule has 39 heavy (non-hydrogen) atoms. The number of fused-ring (bicyclic) bond motifs is 5. The Balaban J connectivity index is 1.19. The van der Waals surface area contributed by atoms with Crippen molar-refractivity contribution in [2.24, 2.45) is 51.3 Å². The Morgan fingerprint density at radius 1 is 0.974 bits per heavy atom. The summed E-state index contributed by atoms with van der Waals surface area (Å²) in [6.45, 7) is 15.2. The molecule has 1 heterocycles. The van der Waals surface area contributed by atoms with Crippen LogP contribution in [-0.2, 0) is 0 Å². The molecule has 4 aliphatic carbocycles. The summed E-state index contributed by atoms with van der Waals surface area (Å²) < 4.78 is 3.92. The summed E-state index contributed by atoms with van der Waals surface area (Å²) in [5.74, 6) is 6.53. The van der Waals surface area contributed by atoms with Gasteiger partial charge >= 0.3 is 166 Å². The molecule has 1 nitrogen and oxygen atoms in total. The Morgan fingerprint density at radius 3 is 2.54 bits per heavy atom. The third-order valence-electron chi connectivity index (χ3n) is 12.5. The Kier molecular flexibility index (Phi) is 10.6. The minimum Gasteiger partial charge on any atom is -0.0556 e. The minimum atomic E-state index is -0.593. The second-order valence-electron chi connectivity index (χ2n) is 14.4. The van der Waals surface area contributed by atoms with Crippen LogP contribution in [0.2, 0.25) is 0 Å². The van der Waals surface area contributed by atoms with E-state index in [1.54, 1.807) is 3.33 Å². The molecular weight excluding hydrogens is 613 g/mol. The van der Waals surface area contributed by atoms with Crippen LogP contribution in [0.15, 0.2) is 37.8 Å². The molecule has 1 radical (unpaired) electrons. The molecule has 1 aliphatic heterocycles. The van der Waals surface area contributed by atoms with Gasteiger partial charge in [0.05, 0.1) is 0 Å². The first kappa shape index (κ1) is 30.9. The molecule has 2 fully saturated rings. The van der Waals surface area contributed by atoms with Crippen molar-refractivity contribution >= 4 is 48.5 Å². The van der Waals surface area contributed by atoms with Crippen molar-refractivity contribution in [1.29, 1.82) is 0 Å². The van der Waals surface area contributed by atoms with E-state index in [1.165, 1.54) is 82.8 Å². The second kappa shape index (κ2) is 13.4. The maximum absolute atomic E-state index is 4.37. The Bertz CT molecular complexity index is 983. The normalized spacial score (nSPS) is 37.5. The molecule has 2 saturated carbocycles. The summed E-state index contributed by atoms with van der Waals surface area (Å²) >= 11 is -0.593. The molecule has 9 atom stereocenters. The van der Waals surface area contributed by atoms with Crippen molar-refractivity contribution in [3.63, 3.8) is 0 Å². The summed E-state index contributed by atoms with van der Waals surface area (Å²) in [5, 5.41) is 0.823. The van der Waals surface area contributed by atoms with Crippen molar-refractivity contribution in [3.8, 4) is 0 Å². The van der Waals surface area contributed by atoms with Crippen molar-refractivity contribution in [3.05, 3.63) is 32.8 Å². The van der Waals surface area contributed by atoms with Gasteiger partial charge in [0.2, 0.25) is 0 Å². The van der Waals surface area contributed by atoms with Crippen LogP contribution in [0.5, 0.6) is 0 Å². The number of nitrogens with zero attached hydrogens (tertiary/aromatic N) is 1. The number of allylic oxidation sites excluding steroid dienone is 4. The summed E-state index contributed by atoms with van der Waals surface area (Å²) in [7, 11) is 4.33. The molecule has 8 unspecified atom stereocenters. The van der Waals surface area contributed by atoms with Crippen LogP contribution in [0.1, 0.15) is 119 Å². The van der Waals surface area contributed by atoms with Crippen LogP contribution in [0.3, 0.4) is 0 Å².